The molecule has 0 atom stereocenters. The van der Waals surface area contributed by atoms with Gasteiger partial charge in [0.2, 0.25) is 4.77 Å². The average molecular weight is 414 g/mol. The van der Waals surface area contributed by atoms with Crippen LogP contribution in [0.3, 0.4) is 0 Å². The molecule has 8 nitrogen and oxygen atoms in total. The van der Waals surface area contributed by atoms with E-state index in [2.05, 4.69) is 15.3 Å². The Morgan fingerprint density at radius 3 is 2.66 bits per heavy atom. The van der Waals surface area contributed by atoms with Gasteiger partial charge in [-0.05, 0) is 67.2 Å². The van der Waals surface area contributed by atoms with Gasteiger partial charge in [0.05, 0.1) is 18.9 Å². The number of methoxy groups -OCH3 is 1. The van der Waals surface area contributed by atoms with E-state index in [1.165, 1.54) is 50.6 Å². The van der Waals surface area contributed by atoms with Crippen molar-refractivity contribution in [2.45, 2.75) is 6.92 Å². The summed E-state index contributed by atoms with van der Waals surface area (Å²) >= 11 is 5.01. The third-order valence-corrected chi connectivity index (χ3v) is 4.07. The number of rotatable bonds is 5. The number of carbonyl (C=O) groups excluding carboxylic acids is 1. The van der Waals surface area contributed by atoms with Gasteiger partial charge in [0.25, 0.3) is 5.56 Å². The minimum Gasteiger partial charge on any atom is -0.493 e. The molecular weight excluding hydrogens is 399 g/mol. The third-order valence-electron chi connectivity index (χ3n) is 3.81. The van der Waals surface area contributed by atoms with Crippen molar-refractivity contribution >= 4 is 24.4 Å². The Hall–Kier alpha value is -3.66. The third kappa shape index (κ3) is 4.61. The Morgan fingerprint density at radius 2 is 1.97 bits per heavy atom. The van der Waals surface area contributed by atoms with Crippen molar-refractivity contribution in [2.75, 3.05) is 7.11 Å². The number of H-pyrrole nitrogens is 1. The number of hydrogen-bond donors (Lipinski definition) is 1. The normalized spacial score (nSPS) is 10.9. The molecule has 1 heterocycles. The van der Waals surface area contributed by atoms with Crippen molar-refractivity contribution in [1.82, 2.24) is 14.9 Å². The molecule has 0 saturated carbocycles. The second-order valence-electron chi connectivity index (χ2n) is 5.78. The lowest BCUT2D eigenvalue weighted by Gasteiger charge is -2.10. The van der Waals surface area contributed by atoms with Gasteiger partial charge in [-0.15, -0.1) is 0 Å². The number of benzene rings is 2. The fourth-order valence-corrected chi connectivity index (χ4v) is 2.47. The number of nitrogens with zero attached hydrogens (tertiary/aromatic N) is 3. The number of aromatic nitrogens is 3. The fraction of sp³-hybridized carbons (Fsp3) is 0.105. The van der Waals surface area contributed by atoms with Crippen molar-refractivity contribution in [3.8, 4) is 11.5 Å². The van der Waals surface area contributed by atoms with Crippen LogP contribution in [0.2, 0.25) is 0 Å². The van der Waals surface area contributed by atoms with Gasteiger partial charge in [-0.25, -0.2) is 9.18 Å². The van der Waals surface area contributed by atoms with Crippen LogP contribution in [0.1, 0.15) is 21.6 Å². The number of halogens is 1. The quantitative estimate of drug-likeness (QED) is 0.298. The minimum absolute atomic E-state index is 0.0497. The van der Waals surface area contributed by atoms with Gasteiger partial charge in [-0.2, -0.15) is 14.9 Å². The molecule has 10 heteroatoms. The lowest BCUT2D eigenvalue weighted by Crippen LogP contribution is -2.22. The predicted molar refractivity (Wildman–Crippen MR) is 106 cm³/mol. The van der Waals surface area contributed by atoms with E-state index in [0.29, 0.717) is 5.56 Å². The van der Waals surface area contributed by atoms with Gasteiger partial charge < -0.3 is 9.47 Å². The second kappa shape index (κ2) is 8.57. The maximum Gasteiger partial charge on any atom is 0.343 e. The maximum atomic E-state index is 13.0. The Morgan fingerprint density at radius 1 is 1.24 bits per heavy atom. The number of hydrogen-bond acceptors (Lipinski definition) is 7. The molecule has 3 aromatic rings. The summed E-state index contributed by atoms with van der Waals surface area (Å²) in [5.74, 6) is -0.665. The highest BCUT2D eigenvalue weighted by atomic mass is 32.1. The van der Waals surface area contributed by atoms with Crippen molar-refractivity contribution in [3.05, 3.63) is 80.2 Å². The number of esters is 1. The Labute approximate surface area is 169 Å². The highest BCUT2D eigenvalue weighted by Crippen LogP contribution is 2.28. The van der Waals surface area contributed by atoms with Crippen LogP contribution < -0.4 is 15.0 Å². The summed E-state index contributed by atoms with van der Waals surface area (Å²) in [5, 5.41) is 10.4. The van der Waals surface area contributed by atoms with E-state index in [1.807, 2.05) is 0 Å². The first kappa shape index (κ1) is 20.1. The molecule has 0 aliphatic carbocycles. The van der Waals surface area contributed by atoms with Crippen molar-refractivity contribution < 1.29 is 18.7 Å². The largest absolute Gasteiger partial charge is 0.493 e. The highest BCUT2D eigenvalue weighted by Gasteiger charge is 2.13. The first-order chi connectivity index (χ1) is 13.9. The van der Waals surface area contributed by atoms with Crippen LogP contribution in [-0.4, -0.2) is 34.2 Å². The standard InChI is InChI=1S/C19H15FN4O4S/c1-11-17(25)24(19(29)23-22-11)21-10-12-3-8-15(16(9-12)27-2)28-18(26)13-4-6-14(20)7-5-13/h3-10H,1-2H3,(H,23,29)/b21-10-. The van der Waals surface area contributed by atoms with Gasteiger partial charge in [-0.1, -0.05) is 0 Å². The summed E-state index contributed by atoms with van der Waals surface area (Å²) in [7, 11) is 1.42. The number of aromatic amines is 1. The Bertz CT molecular complexity index is 1200. The molecule has 0 radical (unpaired) electrons. The summed E-state index contributed by atoms with van der Waals surface area (Å²) in [6, 6.07) is 9.69. The molecule has 3 rings (SSSR count). The first-order valence-corrected chi connectivity index (χ1v) is 8.68. The minimum atomic E-state index is -0.658. The Kier molecular flexibility index (Phi) is 5.93. The molecule has 0 aliphatic heterocycles. The molecule has 0 spiro atoms. The molecule has 0 bridgehead atoms. The molecule has 0 aliphatic rings. The van der Waals surface area contributed by atoms with Crippen LogP contribution in [0.5, 0.6) is 11.5 Å². The molecule has 1 N–H and O–H groups in total. The van der Waals surface area contributed by atoms with Gasteiger partial charge in [-0.3, -0.25) is 9.89 Å². The van der Waals surface area contributed by atoms with Crippen LogP contribution in [0.25, 0.3) is 0 Å². The zero-order chi connectivity index (χ0) is 21.0. The lowest BCUT2D eigenvalue weighted by molar-refractivity contribution is 0.0729. The van der Waals surface area contributed by atoms with Crippen LogP contribution >= 0.6 is 12.2 Å². The molecule has 2 aromatic carbocycles. The molecule has 0 fully saturated rings. The van der Waals surface area contributed by atoms with E-state index in [4.69, 9.17) is 21.7 Å². The molecule has 0 saturated heterocycles. The smallest absolute Gasteiger partial charge is 0.343 e. The molecule has 29 heavy (non-hydrogen) atoms. The molecule has 148 valence electrons. The number of nitrogens with one attached hydrogen (secondary N) is 1. The van der Waals surface area contributed by atoms with Crippen LogP contribution in [0.4, 0.5) is 4.39 Å². The SMILES string of the molecule is COc1cc(/C=N\n2c(=S)[nH]nc(C)c2=O)ccc1OC(=O)c1ccc(F)cc1. The molecule has 0 amide bonds. The van der Waals surface area contributed by atoms with Crippen molar-refractivity contribution in [1.29, 1.82) is 0 Å². The lowest BCUT2D eigenvalue weighted by atomic mass is 10.2. The van der Waals surface area contributed by atoms with Crippen LogP contribution in [0, 0.1) is 17.5 Å². The maximum absolute atomic E-state index is 13.0. The van der Waals surface area contributed by atoms with Crippen molar-refractivity contribution in [3.63, 3.8) is 0 Å². The zero-order valence-electron chi connectivity index (χ0n) is 15.4. The molecule has 0 unspecified atom stereocenters. The van der Waals surface area contributed by atoms with Crippen molar-refractivity contribution in [2.24, 2.45) is 5.10 Å². The van der Waals surface area contributed by atoms with E-state index in [0.717, 1.165) is 4.68 Å². The van der Waals surface area contributed by atoms with E-state index >= 15 is 0 Å². The zero-order valence-corrected chi connectivity index (χ0v) is 16.2. The summed E-state index contributed by atoms with van der Waals surface area (Å²) in [4.78, 5) is 24.3. The topological polar surface area (TPSA) is 98.6 Å². The fourth-order valence-electron chi connectivity index (χ4n) is 2.30. The second-order valence-corrected chi connectivity index (χ2v) is 6.17. The van der Waals surface area contributed by atoms with E-state index in [-0.39, 0.29) is 27.5 Å². The molecular formula is C19H15FN4O4S. The summed E-state index contributed by atoms with van der Waals surface area (Å²) in [6.07, 6.45) is 1.40. The van der Waals surface area contributed by atoms with E-state index in [9.17, 15) is 14.0 Å². The van der Waals surface area contributed by atoms with Crippen LogP contribution in [-0.2, 0) is 0 Å². The average Bonchev–Trinajstić information content (AvgIpc) is 2.72. The number of carbonyl (C=O) groups is 1. The Balaban J connectivity index is 1.85. The highest BCUT2D eigenvalue weighted by molar-refractivity contribution is 7.71. The van der Waals surface area contributed by atoms with Gasteiger partial charge in [0.1, 0.15) is 11.5 Å². The summed E-state index contributed by atoms with van der Waals surface area (Å²) in [6.45, 7) is 1.53. The van der Waals surface area contributed by atoms with E-state index < -0.39 is 17.3 Å². The summed E-state index contributed by atoms with van der Waals surface area (Å²) < 4.78 is 24.6. The van der Waals surface area contributed by atoms with E-state index in [1.54, 1.807) is 12.1 Å². The number of aryl methyl sites for hydroxylation is 1. The number of ether oxygens (including phenoxy) is 2. The first-order valence-electron chi connectivity index (χ1n) is 8.27. The van der Waals surface area contributed by atoms with Crippen LogP contribution in [0.15, 0.2) is 52.4 Å². The van der Waals surface area contributed by atoms with Gasteiger partial charge >= 0.3 is 5.97 Å². The van der Waals surface area contributed by atoms with Gasteiger partial charge in [0.15, 0.2) is 11.5 Å². The molecule has 1 aromatic heterocycles. The predicted octanol–water partition coefficient (Wildman–Crippen LogP) is 2.86. The van der Waals surface area contributed by atoms with Gasteiger partial charge in [0, 0.05) is 0 Å². The monoisotopic (exact) mass is 414 g/mol. The summed E-state index contributed by atoms with van der Waals surface area (Å²) in [5.41, 5.74) is 0.540.